The molecule has 0 aliphatic carbocycles. The fourth-order valence-corrected chi connectivity index (χ4v) is 3.34. The zero-order valence-electron chi connectivity index (χ0n) is 13.1. The number of aryl methyl sites for hydroxylation is 1. The van der Waals surface area contributed by atoms with E-state index in [0.29, 0.717) is 5.69 Å². The average Bonchev–Trinajstić information content (AvgIpc) is 2.69. The largest absolute Gasteiger partial charge is 0.369 e. The van der Waals surface area contributed by atoms with Crippen LogP contribution in [0.2, 0.25) is 0 Å². The first-order chi connectivity index (χ1) is 10.7. The molecule has 1 atom stereocenters. The normalized spacial score (nSPS) is 20.1. The van der Waals surface area contributed by atoms with Crippen molar-refractivity contribution in [1.29, 1.82) is 0 Å². The van der Waals surface area contributed by atoms with Gasteiger partial charge in [-0.2, -0.15) is 4.31 Å². The number of rotatable bonds is 3. The lowest BCUT2D eigenvalue weighted by Crippen LogP contribution is -2.41. The van der Waals surface area contributed by atoms with E-state index in [-0.39, 0.29) is 37.8 Å². The lowest BCUT2D eigenvalue weighted by molar-refractivity contribution is -0.122. The molecule has 0 spiro atoms. The van der Waals surface area contributed by atoms with Crippen molar-refractivity contribution in [2.45, 2.75) is 6.92 Å². The molecule has 126 valence electrons. The molecule has 1 aliphatic heterocycles. The highest BCUT2D eigenvalue weighted by Crippen LogP contribution is 2.14. The van der Waals surface area contributed by atoms with Crippen LogP contribution in [0.4, 0.5) is 0 Å². The van der Waals surface area contributed by atoms with Gasteiger partial charge in [0.05, 0.1) is 12.2 Å². The highest BCUT2D eigenvalue weighted by Gasteiger charge is 2.32. The van der Waals surface area contributed by atoms with Crippen molar-refractivity contribution in [3.05, 3.63) is 29.6 Å². The van der Waals surface area contributed by atoms with Crippen molar-refractivity contribution in [1.82, 2.24) is 14.2 Å². The maximum atomic E-state index is 12.6. The van der Waals surface area contributed by atoms with E-state index < -0.39 is 21.8 Å². The van der Waals surface area contributed by atoms with Crippen molar-refractivity contribution >= 4 is 21.8 Å². The first-order valence-electron chi connectivity index (χ1n) is 7.16. The van der Waals surface area contributed by atoms with Gasteiger partial charge in [-0.25, -0.2) is 13.4 Å². The molecule has 0 saturated carbocycles. The van der Waals surface area contributed by atoms with Crippen molar-refractivity contribution in [3.63, 3.8) is 0 Å². The number of nitrogens with zero attached hydrogens (tertiary/aromatic N) is 3. The summed E-state index contributed by atoms with van der Waals surface area (Å²) in [6.07, 6.45) is 1.07. The van der Waals surface area contributed by atoms with E-state index in [4.69, 9.17) is 5.73 Å². The SMILES string of the molecule is Cc1cccc(C(=O)N2CCN(S(C)(=O)=O)C[C@@H](C(N)=O)C2)n1. The molecular weight excluding hydrogens is 320 g/mol. The quantitative estimate of drug-likeness (QED) is 0.774. The number of carbonyl (C=O) groups is 2. The molecule has 1 saturated heterocycles. The Hall–Kier alpha value is -2.00. The molecule has 1 aromatic heterocycles. The van der Waals surface area contributed by atoms with Gasteiger partial charge in [-0.1, -0.05) is 6.07 Å². The molecule has 0 bridgehead atoms. The number of pyridine rings is 1. The van der Waals surface area contributed by atoms with Gasteiger partial charge in [0.2, 0.25) is 15.9 Å². The Morgan fingerprint density at radius 2 is 1.96 bits per heavy atom. The van der Waals surface area contributed by atoms with Crippen LogP contribution in [-0.4, -0.2) is 66.9 Å². The maximum absolute atomic E-state index is 12.6. The van der Waals surface area contributed by atoms with Gasteiger partial charge in [0.1, 0.15) is 5.69 Å². The van der Waals surface area contributed by atoms with E-state index in [1.54, 1.807) is 25.1 Å². The minimum atomic E-state index is -3.46. The van der Waals surface area contributed by atoms with Crippen molar-refractivity contribution in [2.24, 2.45) is 11.7 Å². The Morgan fingerprint density at radius 3 is 2.52 bits per heavy atom. The van der Waals surface area contributed by atoms with Crippen molar-refractivity contribution in [3.8, 4) is 0 Å². The maximum Gasteiger partial charge on any atom is 0.272 e. The van der Waals surface area contributed by atoms with E-state index in [2.05, 4.69) is 4.98 Å². The lowest BCUT2D eigenvalue weighted by Gasteiger charge is -2.22. The average molecular weight is 340 g/mol. The molecule has 2 N–H and O–H groups in total. The predicted molar refractivity (Wildman–Crippen MR) is 84.0 cm³/mol. The fourth-order valence-electron chi connectivity index (χ4n) is 2.47. The van der Waals surface area contributed by atoms with E-state index >= 15 is 0 Å². The van der Waals surface area contributed by atoms with Gasteiger partial charge in [-0.05, 0) is 19.1 Å². The molecule has 2 rings (SSSR count). The highest BCUT2D eigenvalue weighted by molar-refractivity contribution is 7.88. The van der Waals surface area contributed by atoms with Crippen LogP contribution in [-0.2, 0) is 14.8 Å². The molecule has 2 amide bonds. The Kier molecular flexibility index (Phi) is 5.00. The number of nitrogens with two attached hydrogens (primary N) is 1. The van der Waals surface area contributed by atoms with Gasteiger partial charge < -0.3 is 10.6 Å². The monoisotopic (exact) mass is 340 g/mol. The minimum absolute atomic E-state index is 0.0147. The minimum Gasteiger partial charge on any atom is -0.369 e. The molecule has 0 unspecified atom stereocenters. The Balaban J connectivity index is 2.26. The molecular formula is C14H20N4O4S. The Bertz CT molecular complexity index is 719. The van der Waals surface area contributed by atoms with Gasteiger partial charge in [-0.3, -0.25) is 9.59 Å². The number of amides is 2. The second-order valence-electron chi connectivity index (χ2n) is 5.64. The van der Waals surface area contributed by atoms with Crippen LogP contribution in [0.1, 0.15) is 16.2 Å². The topological polar surface area (TPSA) is 114 Å². The number of sulfonamides is 1. The summed E-state index contributed by atoms with van der Waals surface area (Å²) in [5, 5.41) is 0. The third-order valence-corrected chi connectivity index (χ3v) is 5.02. The summed E-state index contributed by atoms with van der Waals surface area (Å²) in [6, 6.07) is 5.09. The molecule has 1 aliphatic rings. The second-order valence-corrected chi connectivity index (χ2v) is 7.62. The molecule has 0 aromatic carbocycles. The Morgan fingerprint density at radius 1 is 1.26 bits per heavy atom. The highest BCUT2D eigenvalue weighted by atomic mass is 32.2. The van der Waals surface area contributed by atoms with Gasteiger partial charge in [0.15, 0.2) is 0 Å². The number of aromatic nitrogens is 1. The van der Waals surface area contributed by atoms with E-state index in [9.17, 15) is 18.0 Å². The predicted octanol–water partition coefficient (Wildman–Crippen LogP) is -0.791. The molecule has 9 heteroatoms. The third-order valence-electron chi connectivity index (χ3n) is 3.75. The summed E-state index contributed by atoms with van der Waals surface area (Å²) in [7, 11) is -3.46. The lowest BCUT2D eigenvalue weighted by atomic mass is 10.1. The molecule has 8 nitrogen and oxygen atoms in total. The van der Waals surface area contributed by atoms with E-state index in [0.717, 1.165) is 6.26 Å². The number of carbonyl (C=O) groups excluding carboxylic acids is 2. The Labute approximate surface area is 135 Å². The van der Waals surface area contributed by atoms with Crippen LogP contribution in [0.25, 0.3) is 0 Å². The third kappa shape index (κ3) is 4.26. The summed E-state index contributed by atoms with van der Waals surface area (Å²) >= 11 is 0. The molecule has 23 heavy (non-hydrogen) atoms. The van der Waals surface area contributed by atoms with Crippen LogP contribution >= 0.6 is 0 Å². The van der Waals surface area contributed by atoms with E-state index in [1.165, 1.54) is 9.21 Å². The van der Waals surface area contributed by atoms with Gasteiger partial charge in [0.25, 0.3) is 5.91 Å². The number of hydrogen-bond acceptors (Lipinski definition) is 5. The van der Waals surface area contributed by atoms with Crippen LogP contribution in [0, 0.1) is 12.8 Å². The zero-order valence-corrected chi connectivity index (χ0v) is 13.9. The smallest absolute Gasteiger partial charge is 0.272 e. The van der Waals surface area contributed by atoms with Crippen LogP contribution < -0.4 is 5.73 Å². The summed E-state index contributed by atoms with van der Waals surface area (Å²) in [5.41, 5.74) is 6.32. The van der Waals surface area contributed by atoms with Crippen molar-refractivity contribution in [2.75, 3.05) is 32.4 Å². The van der Waals surface area contributed by atoms with Crippen LogP contribution in [0.5, 0.6) is 0 Å². The van der Waals surface area contributed by atoms with Gasteiger partial charge >= 0.3 is 0 Å². The summed E-state index contributed by atoms with van der Waals surface area (Å²) in [5.74, 6) is -1.72. The molecule has 1 fully saturated rings. The van der Waals surface area contributed by atoms with Crippen LogP contribution in [0.3, 0.4) is 0 Å². The van der Waals surface area contributed by atoms with Crippen molar-refractivity contribution < 1.29 is 18.0 Å². The summed E-state index contributed by atoms with van der Waals surface area (Å²) in [6.45, 7) is 2.15. The molecule has 0 radical (unpaired) electrons. The van der Waals surface area contributed by atoms with Crippen LogP contribution in [0.15, 0.2) is 18.2 Å². The molecule has 2 heterocycles. The van der Waals surface area contributed by atoms with Gasteiger partial charge in [0, 0.05) is 31.9 Å². The number of primary amides is 1. The molecule has 1 aromatic rings. The zero-order chi connectivity index (χ0) is 17.2. The standard InChI is InChI=1S/C14H20N4O4S/c1-10-4-3-5-12(16-10)14(20)17-6-7-18(23(2,21)22)9-11(8-17)13(15)19/h3-5,11H,6-9H2,1-2H3,(H2,15,19)/t11-/m0/s1. The summed E-state index contributed by atoms with van der Waals surface area (Å²) in [4.78, 5) is 29.8. The van der Waals surface area contributed by atoms with Gasteiger partial charge in [-0.15, -0.1) is 0 Å². The fraction of sp³-hybridized carbons (Fsp3) is 0.500. The second kappa shape index (κ2) is 6.63. The first-order valence-corrected chi connectivity index (χ1v) is 9.00. The number of hydrogen-bond donors (Lipinski definition) is 1. The van der Waals surface area contributed by atoms with E-state index in [1.807, 2.05) is 0 Å². The summed E-state index contributed by atoms with van der Waals surface area (Å²) < 4.78 is 24.7. The first kappa shape index (κ1) is 17.4.